The van der Waals surface area contributed by atoms with E-state index in [0.29, 0.717) is 18.1 Å². The standard InChI is InChI=1S/C13H21N3OS/c1-15-9-3-2-4-10(15)6-11(5-9)16-12(8-17)7-14-13(16)18/h7,9-11,17H,2-6,8H2,1H3,(H,14,18). The SMILES string of the molecule is CN1C2CCCC1CC(n1c(CO)c[nH]c1=S)C2. The molecule has 2 N–H and O–H groups in total. The van der Waals surface area contributed by atoms with Gasteiger partial charge in [0.25, 0.3) is 0 Å². The minimum atomic E-state index is 0.0643. The number of hydrogen-bond donors (Lipinski definition) is 2. The Morgan fingerprint density at radius 1 is 1.33 bits per heavy atom. The number of H-pyrrole nitrogens is 1. The molecule has 2 unspecified atom stereocenters. The maximum absolute atomic E-state index is 9.42. The van der Waals surface area contributed by atoms with Crippen molar-refractivity contribution in [2.45, 2.75) is 56.8 Å². The van der Waals surface area contributed by atoms with E-state index in [0.717, 1.165) is 23.3 Å². The van der Waals surface area contributed by atoms with Crippen LogP contribution in [0.1, 0.15) is 43.8 Å². The zero-order valence-corrected chi connectivity index (χ0v) is 11.6. The fourth-order valence-corrected chi connectivity index (χ4v) is 4.06. The first kappa shape index (κ1) is 12.4. The molecule has 5 heteroatoms. The number of aromatic amines is 1. The molecule has 0 spiro atoms. The van der Waals surface area contributed by atoms with E-state index in [1.807, 2.05) is 6.20 Å². The first-order valence-corrected chi connectivity index (χ1v) is 7.23. The maximum atomic E-state index is 9.42. The summed E-state index contributed by atoms with van der Waals surface area (Å²) >= 11 is 5.36. The van der Waals surface area contributed by atoms with Crippen LogP contribution in [-0.2, 0) is 6.61 Å². The molecular formula is C13H21N3OS. The lowest BCUT2D eigenvalue weighted by atomic mass is 9.82. The van der Waals surface area contributed by atoms with Gasteiger partial charge in [0.05, 0.1) is 12.3 Å². The number of piperidine rings is 2. The van der Waals surface area contributed by atoms with Crippen LogP contribution in [0, 0.1) is 4.77 Å². The number of rotatable bonds is 2. The van der Waals surface area contributed by atoms with Crippen LogP contribution < -0.4 is 0 Å². The third kappa shape index (κ3) is 1.94. The Balaban J connectivity index is 1.89. The second-order valence-corrected chi connectivity index (χ2v) is 6.03. The van der Waals surface area contributed by atoms with Crippen LogP contribution in [0.15, 0.2) is 6.20 Å². The van der Waals surface area contributed by atoms with Gasteiger partial charge >= 0.3 is 0 Å². The number of aliphatic hydroxyl groups is 1. The van der Waals surface area contributed by atoms with E-state index in [9.17, 15) is 5.11 Å². The van der Waals surface area contributed by atoms with E-state index in [-0.39, 0.29) is 6.61 Å². The molecule has 2 bridgehead atoms. The quantitative estimate of drug-likeness (QED) is 0.808. The molecule has 2 fully saturated rings. The van der Waals surface area contributed by atoms with E-state index < -0.39 is 0 Å². The van der Waals surface area contributed by atoms with Crippen LogP contribution in [-0.4, -0.2) is 38.7 Å². The van der Waals surface area contributed by atoms with Crippen molar-refractivity contribution in [1.82, 2.24) is 14.5 Å². The lowest BCUT2D eigenvalue weighted by Crippen LogP contribution is -2.50. The normalized spacial score (nSPS) is 32.7. The summed E-state index contributed by atoms with van der Waals surface area (Å²) < 4.78 is 2.90. The van der Waals surface area contributed by atoms with Crippen LogP contribution in [0.5, 0.6) is 0 Å². The molecule has 2 aliphatic rings. The monoisotopic (exact) mass is 267 g/mol. The molecule has 2 saturated heterocycles. The summed E-state index contributed by atoms with van der Waals surface area (Å²) in [6, 6.07) is 1.83. The first-order chi connectivity index (χ1) is 8.70. The van der Waals surface area contributed by atoms with Crippen molar-refractivity contribution in [3.8, 4) is 0 Å². The Labute approximate surface area is 113 Å². The second kappa shape index (κ2) is 4.79. The number of fused-ring (bicyclic) bond motifs is 2. The molecule has 1 aromatic rings. The smallest absolute Gasteiger partial charge is 0.177 e. The predicted octanol–water partition coefficient (Wildman–Crippen LogP) is 2.23. The Bertz CT molecular complexity index is 467. The van der Waals surface area contributed by atoms with Gasteiger partial charge in [-0.25, -0.2) is 0 Å². The molecule has 0 aromatic carbocycles. The van der Waals surface area contributed by atoms with Gasteiger partial charge < -0.3 is 19.6 Å². The largest absolute Gasteiger partial charge is 0.390 e. The van der Waals surface area contributed by atoms with Gasteiger partial charge in [-0.1, -0.05) is 6.42 Å². The summed E-state index contributed by atoms with van der Waals surface area (Å²) in [4.78, 5) is 5.62. The number of imidazole rings is 1. The van der Waals surface area contributed by atoms with E-state index in [2.05, 4.69) is 21.5 Å². The van der Waals surface area contributed by atoms with E-state index in [1.165, 1.54) is 19.3 Å². The average Bonchev–Trinajstić information content (AvgIpc) is 2.70. The van der Waals surface area contributed by atoms with E-state index >= 15 is 0 Å². The molecule has 0 amide bonds. The fourth-order valence-electron chi connectivity index (χ4n) is 3.73. The number of nitrogens with one attached hydrogen (secondary N) is 1. The highest BCUT2D eigenvalue weighted by Crippen LogP contribution is 2.38. The topological polar surface area (TPSA) is 44.2 Å². The van der Waals surface area contributed by atoms with E-state index in [1.54, 1.807) is 0 Å². The van der Waals surface area contributed by atoms with Crippen molar-refractivity contribution in [2.75, 3.05) is 7.05 Å². The number of nitrogens with zero attached hydrogens (tertiary/aromatic N) is 2. The van der Waals surface area contributed by atoms with Gasteiger partial charge in [0.2, 0.25) is 0 Å². The van der Waals surface area contributed by atoms with Gasteiger partial charge in [0.1, 0.15) is 0 Å². The second-order valence-electron chi connectivity index (χ2n) is 5.64. The molecule has 4 nitrogen and oxygen atoms in total. The van der Waals surface area contributed by atoms with Crippen molar-refractivity contribution in [3.05, 3.63) is 16.7 Å². The number of hydrogen-bond acceptors (Lipinski definition) is 3. The summed E-state index contributed by atoms with van der Waals surface area (Å²) in [5.41, 5.74) is 0.924. The average molecular weight is 267 g/mol. The van der Waals surface area contributed by atoms with Crippen molar-refractivity contribution >= 4 is 12.2 Å². The summed E-state index contributed by atoms with van der Waals surface area (Å²) in [6.45, 7) is 0.0643. The van der Waals surface area contributed by atoms with Crippen molar-refractivity contribution in [2.24, 2.45) is 0 Å². The highest BCUT2D eigenvalue weighted by molar-refractivity contribution is 7.71. The zero-order valence-electron chi connectivity index (χ0n) is 10.8. The third-order valence-electron chi connectivity index (χ3n) is 4.73. The third-order valence-corrected chi connectivity index (χ3v) is 5.05. The summed E-state index contributed by atoms with van der Waals surface area (Å²) in [5.74, 6) is 0. The lowest BCUT2D eigenvalue weighted by molar-refractivity contribution is 0.0382. The van der Waals surface area contributed by atoms with Gasteiger partial charge in [-0.2, -0.15) is 0 Å². The van der Waals surface area contributed by atoms with Crippen molar-refractivity contribution < 1.29 is 5.11 Å². The molecule has 0 radical (unpaired) electrons. The summed E-state index contributed by atoms with van der Waals surface area (Å²) in [6.07, 6.45) is 8.12. The molecule has 18 heavy (non-hydrogen) atoms. The van der Waals surface area contributed by atoms with Gasteiger partial charge in [-0.3, -0.25) is 0 Å². The molecular weight excluding hydrogens is 246 g/mol. The molecule has 0 aliphatic carbocycles. The van der Waals surface area contributed by atoms with Crippen LogP contribution >= 0.6 is 12.2 Å². The molecule has 1 aromatic heterocycles. The molecule has 2 atom stereocenters. The fraction of sp³-hybridized carbons (Fsp3) is 0.769. The first-order valence-electron chi connectivity index (χ1n) is 6.82. The maximum Gasteiger partial charge on any atom is 0.177 e. The molecule has 3 heterocycles. The number of aliphatic hydroxyl groups excluding tert-OH is 1. The molecule has 2 aliphatic heterocycles. The van der Waals surface area contributed by atoms with Crippen molar-refractivity contribution in [3.63, 3.8) is 0 Å². The highest BCUT2D eigenvalue weighted by Gasteiger charge is 2.37. The highest BCUT2D eigenvalue weighted by atomic mass is 32.1. The van der Waals surface area contributed by atoms with E-state index in [4.69, 9.17) is 12.2 Å². The van der Waals surface area contributed by atoms with Gasteiger partial charge in [0.15, 0.2) is 4.77 Å². The van der Waals surface area contributed by atoms with Crippen LogP contribution in [0.4, 0.5) is 0 Å². The number of aromatic nitrogens is 2. The minimum absolute atomic E-state index is 0.0643. The van der Waals surface area contributed by atoms with Crippen LogP contribution in [0.3, 0.4) is 0 Å². The van der Waals surface area contributed by atoms with Crippen LogP contribution in [0.25, 0.3) is 0 Å². The minimum Gasteiger partial charge on any atom is -0.390 e. The van der Waals surface area contributed by atoms with Gasteiger partial charge in [-0.15, -0.1) is 0 Å². The lowest BCUT2D eigenvalue weighted by Gasteiger charge is -2.47. The Hall–Kier alpha value is -0.650. The van der Waals surface area contributed by atoms with Crippen LogP contribution in [0.2, 0.25) is 0 Å². The Morgan fingerprint density at radius 2 is 2.00 bits per heavy atom. The Kier molecular flexibility index (Phi) is 3.30. The Morgan fingerprint density at radius 3 is 2.61 bits per heavy atom. The van der Waals surface area contributed by atoms with Crippen molar-refractivity contribution in [1.29, 1.82) is 0 Å². The summed E-state index contributed by atoms with van der Waals surface area (Å²) in [5, 5.41) is 9.42. The zero-order chi connectivity index (χ0) is 12.7. The molecule has 100 valence electrons. The van der Waals surface area contributed by atoms with Gasteiger partial charge in [0, 0.05) is 24.3 Å². The summed E-state index contributed by atoms with van der Waals surface area (Å²) in [7, 11) is 2.26. The predicted molar refractivity (Wildman–Crippen MR) is 73.0 cm³/mol. The van der Waals surface area contributed by atoms with Gasteiger partial charge in [-0.05, 0) is 44.9 Å². The molecule has 3 rings (SSSR count). The molecule has 0 saturated carbocycles.